The molecule has 1 aromatic heterocycles. The topological polar surface area (TPSA) is 42.7 Å². The van der Waals surface area contributed by atoms with Crippen LogP contribution >= 0.6 is 31.9 Å². The fourth-order valence-corrected chi connectivity index (χ4v) is 3.38. The summed E-state index contributed by atoms with van der Waals surface area (Å²) in [6.45, 7) is 7.13. The Morgan fingerprint density at radius 3 is 2.53 bits per heavy atom. The van der Waals surface area contributed by atoms with Crippen molar-refractivity contribution in [2.75, 3.05) is 6.54 Å². The van der Waals surface area contributed by atoms with Crippen LogP contribution in [-0.4, -0.2) is 21.5 Å². The summed E-state index contributed by atoms with van der Waals surface area (Å²) in [6, 6.07) is 6.16. The zero-order valence-electron chi connectivity index (χ0n) is 11.1. The number of aromatic nitrogens is 3. The van der Waals surface area contributed by atoms with E-state index in [4.69, 9.17) is 0 Å². The van der Waals surface area contributed by atoms with Crippen LogP contribution < -0.4 is 5.32 Å². The van der Waals surface area contributed by atoms with Crippen molar-refractivity contribution in [2.45, 2.75) is 26.8 Å². The lowest BCUT2D eigenvalue weighted by Gasteiger charge is -2.12. The quantitative estimate of drug-likeness (QED) is 0.868. The van der Waals surface area contributed by atoms with Gasteiger partial charge in [0.15, 0.2) is 0 Å². The minimum atomic E-state index is 0.194. The summed E-state index contributed by atoms with van der Waals surface area (Å²) >= 11 is 7.12. The third-order valence-electron chi connectivity index (χ3n) is 3.00. The van der Waals surface area contributed by atoms with Crippen molar-refractivity contribution in [1.82, 2.24) is 20.3 Å². The second-order valence-corrected chi connectivity index (χ2v) is 6.03. The Balaban J connectivity index is 2.48. The first kappa shape index (κ1) is 14.7. The van der Waals surface area contributed by atoms with Gasteiger partial charge in [-0.15, -0.1) is 5.10 Å². The van der Waals surface area contributed by atoms with Crippen LogP contribution in [-0.2, 0) is 0 Å². The molecular formula is C13H16Br2N4. The van der Waals surface area contributed by atoms with Crippen LogP contribution in [0.1, 0.15) is 31.3 Å². The molecular weight excluding hydrogens is 372 g/mol. The summed E-state index contributed by atoms with van der Waals surface area (Å²) in [4.78, 5) is 0. The summed E-state index contributed by atoms with van der Waals surface area (Å²) in [5.41, 5.74) is 2.99. The lowest BCUT2D eigenvalue weighted by molar-refractivity contribution is 0.579. The number of hydrogen-bond acceptors (Lipinski definition) is 3. The number of benzene rings is 1. The van der Waals surface area contributed by atoms with Gasteiger partial charge >= 0.3 is 0 Å². The minimum Gasteiger partial charge on any atom is -0.309 e. The lowest BCUT2D eigenvalue weighted by atomic mass is 10.2. The van der Waals surface area contributed by atoms with E-state index in [1.807, 2.05) is 29.8 Å². The average molecular weight is 388 g/mol. The maximum Gasteiger partial charge on any atom is 0.103 e. The van der Waals surface area contributed by atoms with E-state index in [1.165, 1.54) is 0 Å². The Labute approximate surface area is 129 Å². The van der Waals surface area contributed by atoms with Gasteiger partial charge in [-0.3, -0.25) is 0 Å². The van der Waals surface area contributed by atoms with Gasteiger partial charge in [-0.1, -0.05) is 18.2 Å². The Kier molecular flexibility index (Phi) is 4.76. The van der Waals surface area contributed by atoms with Gasteiger partial charge in [-0.05, 0) is 64.4 Å². The highest BCUT2D eigenvalue weighted by molar-refractivity contribution is 9.11. The molecule has 1 atom stereocenters. The summed E-state index contributed by atoms with van der Waals surface area (Å²) in [6.07, 6.45) is 0. The van der Waals surface area contributed by atoms with E-state index in [-0.39, 0.29) is 6.04 Å². The monoisotopic (exact) mass is 386 g/mol. The molecule has 2 rings (SSSR count). The second-order valence-electron chi connectivity index (χ2n) is 4.32. The Morgan fingerprint density at radius 2 is 1.95 bits per heavy atom. The summed E-state index contributed by atoms with van der Waals surface area (Å²) in [7, 11) is 0. The van der Waals surface area contributed by atoms with Crippen molar-refractivity contribution in [3.63, 3.8) is 0 Å². The van der Waals surface area contributed by atoms with Crippen molar-refractivity contribution >= 4 is 31.9 Å². The molecule has 0 saturated carbocycles. The molecule has 0 bridgehead atoms. The van der Waals surface area contributed by atoms with E-state index in [0.29, 0.717) is 0 Å². The summed E-state index contributed by atoms with van der Waals surface area (Å²) < 4.78 is 3.83. The van der Waals surface area contributed by atoms with Crippen LogP contribution in [0.3, 0.4) is 0 Å². The van der Waals surface area contributed by atoms with Crippen LogP contribution in [0, 0.1) is 6.92 Å². The zero-order valence-corrected chi connectivity index (χ0v) is 14.3. The van der Waals surface area contributed by atoms with E-state index in [0.717, 1.165) is 32.6 Å². The molecule has 6 heteroatoms. The van der Waals surface area contributed by atoms with E-state index < -0.39 is 0 Å². The van der Waals surface area contributed by atoms with Crippen LogP contribution in [0.2, 0.25) is 0 Å². The van der Waals surface area contributed by atoms with Crippen LogP contribution in [0.25, 0.3) is 5.69 Å². The van der Waals surface area contributed by atoms with Crippen LogP contribution in [0.4, 0.5) is 0 Å². The maximum atomic E-state index is 4.30. The molecule has 0 spiro atoms. The molecule has 0 aliphatic carbocycles. The SMILES string of the molecule is CCNC(C)c1nnn(-c2c(Br)cccc2Br)c1C. The van der Waals surface area contributed by atoms with Gasteiger partial charge in [0.2, 0.25) is 0 Å². The van der Waals surface area contributed by atoms with Crippen molar-refractivity contribution in [2.24, 2.45) is 0 Å². The largest absolute Gasteiger partial charge is 0.309 e. The Morgan fingerprint density at radius 1 is 1.32 bits per heavy atom. The van der Waals surface area contributed by atoms with E-state index in [1.54, 1.807) is 0 Å². The van der Waals surface area contributed by atoms with Gasteiger partial charge in [0.25, 0.3) is 0 Å². The molecule has 1 heterocycles. The first-order chi connectivity index (χ1) is 9.06. The highest BCUT2D eigenvalue weighted by Crippen LogP contribution is 2.30. The fraction of sp³-hybridized carbons (Fsp3) is 0.385. The summed E-state index contributed by atoms with van der Waals surface area (Å²) in [5, 5.41) is 11.9. The van der Waals surface area contributed by atoms with E-state index in [9.17, 15) is 0 Å². The number of rotatable bonds is 4. The molecule has 0 aliphatic rings. The first-order valence-corrected chi connectivity index (χ1v) is 7.74. The van der Waals surface area contributed by atoms with Gasteiger partial charge in [0.05, 0.1) is 17.4 Å². The van der Waals surface area contributed by atoms with Gasteiger partial charge in [0, 0.05) is 8.95 Å². The minimum absolute atomic E-state index is 0.194. The van der Waals surface area contributed by atoms with Crippen molar-refractivity contribution in [1.29, 1.82) is 0 Å². The second kappa shape index (κ2) is 6.15. The van der Waals surface area contributed by atoms with Gasteiger partial charge < -0.3 is 5.32 Å². The number of nitrogens with zero attached hydrogens (tertiary/aromatic N) is 3. The number of para-hydroxylation sites is 1. The number of nitrogens with one attached hydrogen (secondary N) is 1. The highest BCUT2D eigenvalue weighted by Gasteiger charge is 2.18. The van der Waals surface area contributed by atoms with Crippen molar-refractivity contribution < 1.29 is 0 Å². The van der Waals surface area contributed by atoms with Gasteiger partial charge in [0.1, 0.15) is 5.69 Å². The molecule has 0 aliphatic heterocycles. The standard InChI is InChI=1S/C13H16Br2N4/c1-4-16-8(2)12-9(3)19(18-17-12)13-10(14)6-5-7-11(13)15/h5-8,16H,4H2,1-3H3. The molecule has 1 N–H and O–H groups in total. The maximum absolute atomic E-state index is 4.30. The average Bonchev–Trinajstić information content (AvgIpc) is 2.72. The van der Waals surface area contributed by atoms with E-state index >= 15 is 0 Å². The normalized spacial score (nSPS) is 12.7. The molecule has 0 amide bonds. The smallest absolute Gasteiger partial charge is 0.103 e. The molecule has 2 aromatic rings. The molecule has 102 valence electrons. The molecule has 0 radical (unpaired) electrons. The van der Waals surface area contributed by atoms with Crippen LogP contribution in [0.5, 0.6) is 0 Å². The first-order valence-electron chi connectivity index (χ1n) is 6.16. The van der Waals surface area contributed by atoms with Crippen molar-refractivity contribution in [3.8, 4) is 5.69 Å². The van der Waals surface area contributed by atoms with E-state index in [2.05, 4.69) is 61.3 Å². The predicted molar refractivity (Wildman–Crippen MR) is 83.6 cm³/mol. The number of hydrogen-bond donors (Lipinski definition) is 1. The molecule has 1 unspecified atom stereocenters. The van der Waals surface area contributed by atoms with Gasteiger partial charge in [-0.2, -0.15) is 0 Å². The Hall–Kier alpha value is -0.720. The molecule has 1 aromatic carbocycles. The lowest BCUT2D eigenvalue weighted by Crippen LogP contribution is -2.19. The molecule has 4 nitrogen and oxygen atoms in total. The van der Waals surface area contributed by atoms with Crippen LogP contribution in [0.15, 0.2) is 27.1 Å². The Bertz CT molecular complexity index is 560. The van der Waals surface area contributed by atoms with Crippen molar-refractivity contribution in [3.05, 3.63) is 38.5 Å². The highest BCUT2D eigenvalue weighted by atomic mass is 79.9. The molecule has 0 saturated heterocycles. The zero-order chi connectivity index (χ0) is 14.0. The van der Waals surface area contributed by atoms with Gasteiger partial charge in [-0.25, -0.2) is 4.68 Å². The molecule has 0 fully saturated rings. The number of halogens is 2. The third-order valence-corrected chi connectivity index (χ3v) is 4.28. The third kappa shape index (κ3) is 2.90. The molecule has 19 heavy (non-hydrogen) atoms. The fourth-order valence-electron chi connectivity index (χ4n) is 2.05. The predicted octanol–water partition coefficient (Wildman–Crippen LogP) is 3.77. The summed E-state index contributed by atoms with van der Waals surface area (Å²) in [5.74, 6) is 0.